The van der Waals surface area contributed by atoms with Crippen molar-refractivity contribution in [2.75, 3.05) is 12.4 Å². The predicted molar refractivity (Wildman–Crippen MR) is 116 cm³/mol. The lowest BCUT2D eigenvalue weighted by atomic mass is 10.1. The molecule has 0 bridgehead atoms. The molecule has 31 heavy (non-hydrogen) atoms. The highest BCUT2D eigenvalue weighted by atomic mass is 35.5. The Morgan fingerprint density at radius 2 is 1.90 bits per heavy atom. The standard InChI is InChI=1S/C21H16Cl2FN5O2/c1-11-19(21(30)25-14-7-8-16(24)15(23)9-14)26-27-20-18(12-3-5-13(22)6-4-12)17(10-31-2)28-29(11)20/h3-9H,10H2,1-2H3,(H,25,30). The first-order valence-electron chi connectivity index (χ1n) is 9.15. The van der Waals surface area contributed by atoms with Crippen LogP contribution in [0.5, 0.6) is 0 Å². The lowest BCUT2D eigenvalue weighted by Crippen LogP contribution is -2.18. The van der Waals surface area contributed by atoms with Crippen LogP contribution in [0.25, 0.3) is 16.8 Å². The van der Waals surface area contributed by atoms with E-state index in [-0.39, 0.29) is 17.3 Å². The summed E-state index contributed by atoms with van der Waals surface area (Å²) in [5, 5.41) is 16.1. The molecule has 0 saturated heterocycles. The Bertz CT molecular complexity index is 1290. The normalized spacial score (nSPS) is 11.1. The van der Waals surface area contributed by atoms with Crippen molar-refractivity contribution in [3.63, 3.8) is 0 Å². The highest BCUT2D eigenvalue weighted by molar-refractivity contribution is 6.31. The second-order valence-corrected chi connectivity index (χ2v) is 7.56. The second-order valence-electron chi connectivity index (χ2n) is 6.71. The molecule has 10 heteroatoms. The quantitative estimate of drug-likeness (QED) is 0.456. The van der Waals surface area contributed by atoms with E-state index in [1.165, 1.54) is 18.2 Å². The molecule has 0 aliphatic rings. The molecule has 0 spiro atoms. The molecule has 2 aromatic heterocycles. The summed E-state index contributed by atoms with van der Waals surface area (Å²) in [7, 11) is 1.57. The van der Waals surface area contributed by atoms with Crippen molar-refractivity contribution in [1.29, 1.82) is 0 Å². The number of anilines is 1. The number of aryl methyl sites for hydroxylation is 1. The average Bonchev–Trinajstić information content (AvgIpc) is 3.11. The maximum Gasteiger partial charge on any atom is 0.278 e. The number of aromatic nitrogens is 4. The van der Waals surface area contributed by atoms with Gasteiger partial charge in [0.1, 0.15) is 5.82 Å². The molecule has 0 fully saturated rings. The van der Waals surface area contributed by atoms with Gasteiger partial charge in [-0.05, 0) is 42.8 Å². The van der Waals surface area contributed by atoms with E-state index in [0.29, 0.717) is 27.7 Å². The molecule has 7 nitrogen and oxygen atoms in total. The molecular formula is C21H16Cl2FN5O2. The Morgan fingerprint density at radius 3 is 2.58 bits per heavy atom. The minimum atomic E-state index is -0.575. The van der Waals surface area contributed by atoms with Crippen molar-refractivity contribution < 1.29 is 13.9 Å². The number of nitrogens with one attached hydrogen (secondary N) is 1. The predicted octanol–water partition coefficient (Wildman–Crippen LogP) is 4.94. The highest BCUT2D eigenvalue weighted by Crippen LogP contribution is 2.30. The summed E-state index contributed by atoms with van der Waals surface area (Å²) < 4.78 is 20.2. The fraction of sp³-hybridized carbons (Fsp3) is 0.143. The first-order valence-corrected chi connectivity index (χ1v) is 9.90. The number of fused-ring (bicyclic) bond motifs is 1. The van der Waals surface area contributed by atoms with Crippen molar-refractivity contribution in [2.45, 2.75) is 13.5 Å². The van der Waals surface area contributed by atoms with Gasteiger partial charge in [0.15, 0.2) is 11.3 Å². The van der Waals surface area contributed by atoms with E-state index in [0.717, 1.165) is 11.1 Å². The van der Waals surface area contributed by atoms with Gasteiger partial charge in [-0.15, -0.1) is 10.2 Å². The Labute approximate surface area is 186 Å². The SMILES string of the molecule is COCc1nn2c(C)c(C(=O)Nc3ccc(F)c(Cl)c3)nnc2c1-c1ccc(Cl)cc1. The maximum atomic E-state index is 13.4. The van der Waals surface area contributed by atoms with Crippen LogP contribution in [0.2, 0.25) is 10.0 Å². The van der Waals surface area contributed by atoms with Gasteiger partial charge in [-0.3, -0.25) is 4.79 Å². The highest BCUT2D eigenvalue weighted by Gasteiger charge is 2.22. The van der Waals surface area contributed by atoms with Gasteiger partial charge in [0.25, 0.3) is 5.91 Å². The molecule has 0 atom stereocenters. The number of rotatable bonds is 5. The summed E-state index contributed by atoms with van der Waals surface area (Å²) >= 11 is 11.8. The third-order valence-corrected chi connectivity index (χ3v) is 5.19. The first-order chi connectivity index (χ1) is 14.9. The van der Waals surface area contributed by atoms with Gasteiger partial charge in [-0.2, -0.15) is 5.10 Å². The molecule has 0 unspecified atom stereocenters. The van der Waals surface area contributed by atoms with Crippen LogP contribution in [0, 0.1) is 12.7 Å². The number of nitrogens with zero attached hydrogens (tertiary/aromatic N) is 4. The van der Waals surface area contributed by atoms with Crippen LogP contribution in [-0.4, -0.2) is 32.8 Å². The van der Waals surface area contributed by atoms with Crippen molar-refractivity contribution in [2.24, 2.45) is 0 Å². The summed E-state index contributed by atoms with van der Waals surface area (Å²) in [6, 6.07) is 11.1. The van der Waals surface area contributed by atoms with Gasteiger partial charge in [-0.1, -0.05) is 35.3 Å². The van der Waals surface area contributed by atoms with E-state index >= 15 is 0 Å². The number of ether oxygens (including phenoxy) is 1. The van der Waals surface area contributed by atoms with Crippen molar-refractivity contribution >= 4 is 40.4 Å². The fourth-order valence-electron chi connectivity index (χ4n) is 3.17. The van der Waals surface area contributed by atoms with E-state index in [2.05, 4.69) is 20.6 Å². The van der Waals surface area contributed by atoms with Crippen molar-refractivity contribution in [3.05, 3.63) is 75.4 Å². The monoisotopic (exact) mass is 459 g/mol. The van der Waals surface area contributed by atoms with Crippen LogP contribution < -0.4 is 5.32 Å². The minimum Gasteiger partial charge on any atom is -0.378 e. The fourth-order valence-corrected chi connectivity index (χ4v) is 3.48. The lowest BCUT2D eigenvalue weighted by Gasteiger charge is -2.08. The summed E-state index contributed by atoms with van der Waals surface area (Å²) in [5.41, 5.74) is 3.60. The van der Waals surface area contributed by atoms with Gasteiger partial charge >= 0.3 is 0 Å². The van der Waals surface area contributed by atoms with E-state index < -0.39 is 11.7 Å². The molecule has 4 rings (SSSR count). The molecule has 1 N–H and O–H groups in total. The number of halogens is 3. The molecule has 0 radical (unpaired) electrons. The molecule has 2 heterocycles. The third-order valence-electron chi connectivity index (χ3n) is 4.65. The summed E-state index contributed by atoms with van der Waals surface area (Å²) in [4.78, 5) is 12.8. The van der Waals surface area contributed by atoms with Crippen LogP contribution >= 0.6 is 23.2 Å². The largest absolute Gasteiger partial charge is 0.378 e. The first kappa shape index (κ1) is 21.2. The van der Waals surface area contributed by atoms with Gasteiger partial charge < -0.3 is 10.1 Å². The van der Waals surface area contributed by atoms with Crippen LogP contribution in [-0.2, 0) is 11.3 Å². The Hall–Kier alpha value is -3.07. The average molecular weight is 460 g/mol. The van der Waals surface area contributed by atoms with Gasteiger partial charge in [-0.25, -0.2) is 8.91 Å². The van der Waals surface area contributed by atoms with E-state index in [1.54, 1.807) is 30.7 Å². The number of carbonyl (C=O) groups excluding carboxylic acids is 1. The van der Waals surface area contributed by atoms with Crippen molar-refractivity contribution in [3.8, 4) is 11.1 Å². The molecule has 4 aromatic rings. The number of hydrogen-bond donors (Lipinski definition) is 1. The number of amides is 1. The van der Waals surface area contributed by atoms with Gasteiger partial charge in [0.2, 0.25) is 0 Å². The Morgan fingerprint density at radius 1 is 1.16 bits per heavy atom. The topological polar surface area (TPSA) is 81.4 Å². The zero-order chi connectivity index (χ0) is 22.1. The zero-order valence-corrected chi connectivity index (χ0v) is 18.0. The zero-order valence-electron chi connectivity index (χ0n) is 16.5. The number of hydrogen-bond acceptors (Lipinski definition) is 5. The van der Waals surface area contributed by atoms with Crippen LogP contribution in [0.3, 0.4) is 0 Å². The molecule has 2 aromatic carbocycles. The molecule has 0 aliphatic heterocycles. The minimum absolute atomic E-state index is 0.0714. The smallest absolute Gasteiger partial charge is 0.278 e. The van der Waals surface area contributed by atoms with E-state index in [4.69, 9.17) is 27.9 Å². The van der Waals surface area contributed by atoms with Gasteiger partial charge in [0, 0.05) is 17.8 Å². The van der Waals surface area contributed by atoms with Crippen molar-refractivity contribution in [1.82, 2.24) is 19.8 Å². The molecule has 0 aliphatic carbocycles. The Kier molecular flexibility index (Phi) is 5.86. The molecular weight excluding hydrogens is 444 g/mol. The summed E-state index contributed by atoms with van der Waals surface area (Å²) in [6.45, 7) is 1.96. The lowest BCUT2D eigenvalue weighted by molar-refractivity contribution is 0.102. The molecule has 1 amide bonds. The van der Waals surface area contributed by atoms with Crippen LogP contribution in [0.15, 0.2) is 42.5 Å². The van der Waals surface area contributed by atoms with Crippen LogP contribution in [0.1, 0.15) is 21.9 Å². The van der Waals surface area contributed by atoms with E-state index in [9.17, 15) is 9.18 Å². The van der Waals surface area contributed by atoms with E-state index in [1.807, 2.05) is 12.1 Å². The maximum absolute atomic E-state index is 13.4. The van der Waals surface area contributed by atoms with Gasteiger partial charge in [0.05, 0.1) is 28.6 Å². The molecule has 158 valence electrons. The number of carbonyl (C=O) groups is 1. The summed E-state index contributed by atoms with van der Waals surface area (Å²) in [6.07, 6.45) is 0. The van der Waals surface area contributed by atoms with Crippen LogP contribution in [0.4, 0.5) is 10.1 Å². The second kappa shape index (κ2) is 8.58. The Balaban J connectivity index is 1.77. The third kappa shape index (κ3) is 4.10. The number of benzene rings is 2. The number of methoxy groups -OCH3 is 1. The summed E-state index contributed by atoms with van der Waals surface area (Å²) in [5.74, 6) is -1.10. The molecule has 0 saturated carbocycles.